The van der Waals surface area contributed by atoms with Gasteiger partial charge in [-0.05, 0) is 52.5 Å². The fraction of sp³-hybridized carbons (Fsp3) is 0. The van der Waals surface area contributed by atoms with Crippen LogP contribution in [0.3, 0.4) is 0 Å². The molecule has 0 saturated carbocycles. The molecule has 20 heavy (non-hydrogen) atoms. The third-order valence-electron chi connectivity index (χ3n) is 2.75. The first-order valence-electron chi connectivity index (χ1n) is 5.85. The minimum atomic E-state index is -0.578. The van der Waals surface area contributed by atoms with Crippen LogP contribution in [0.2, 0.25) is 0 Å². The molecular weight excluding hydrogens is 295 g/mol. The van der Waals surface area contributed by atoms with Gasteiger partial charge in [-0.1, -0.05) is 42.5 Å². The van der Waals surface area contributed by atoms with Gasteiger partial charge in [-0.15, -0.1) is 0 Å². The van der Waals surface area contributed by atoms with Crippen LogP contribution >= 0.6 is 23.2 Å². The van der Waals surface area contributed by atoms with Crippen LogP contribution in [-0.4, -0.2) is 10.5 Å². The van der Waals surface area contributed by atoms with Crippen LogP contribution in [0.15, 0.2) is 48.5 Å². The van der Waals surface area contributed by atoms with Gasteiger partial charge in [0.25, 0.3) is 10.5 Å². The molecule has 0 radical (unpaired) electrons. The van der Waals surface area contributed by atoms with Crippen LogP contribution in [-0.2, 0) is 0 Å². The number of benzene rings is 2. The number of carbonyl (C=O) groups excluding carboxylic acids is 2. The van der Waals surface area contributed by atoms with Crippen LogP contribution in [0, 0.1) is 0 Å². The van der Waals surface area contributed by atoms with Crippen molar-refractivity contribution in [1.82, 2.24) is 0 Å². The molecule has 0 aliphatic carbocycles. The Morgan fingerprint density at radius 3 is 2.15 bits per heavy atom. The second kappa shape index (κ2) is 6.51. The topological polar surface area (TPSA) is 34.1 Å². The average Bonchev–Trinajstić information content (AvgIpc) is 2.45. The van der Waals surface area contributed by atoms with Gasteiger partial charge in [0.1, 0.15) is 0 Å². The van der Waals surface area contributed by atoms with Gasteiger partial charge in [-0.25, -0.2) is 0 Å². The Hall–Kier alpha value is -1.90. The predicted molar refractivity (Wildman–Crippen MR) is 82.2 cm³/mol. The summed E-state index contributed by atoms with van der Waals surface area (Å²) in [5.74, 6) is 0. The smallest absolute Gasteiger partial charge is 0.252 e. The first-order valence-corrected chi connectivity index (χ1v) is 6.60. The van der Waals surface area contributed by atoms with E-state index >= 15 is 0 Å². The van der Waals surface area contributed by atoms with Crippen molar-refractivity contribution in [3.05, 3.63) is 70.8 Å². The number of hydrogen-bond donors (Lipinski definition) is 0. The largest absolute Gasteiger partial charge is 0.276 e. The van der Waals surface area contributed by atoms with Gasteiger partial charge in [0.05, 0.1) is 0 Å². The van der Waals surface area contributed by atoms with Gasteiger partial charge >= 0.3 is 0 Å². The van der Waals surface area contributed by atoms with E-state index in [9.17, 15) is 9.59 Å². The molecule has 0 N–H and O–H groups in total. The summed E-state index contributed by atoms with van der Waals surface area (Å²) in [5.41, 5.74) is 2.19. The molecule has 0 aliphatic heterocycles. The molecule has 0 aromatic heterocycles. The summed E-state index contributed by atoms with van der Waals surface area (Å²) in [4.78, 5) is 22.5. The summed E-state index contributed by atoms with van der Waals surface area (Å²) in [5, 5.41) is -1.15. The van der Waals surface area contributed by atoms with Gasteiger partial charge in [-0.3, -0.25) is 9.59 Å². The van der Waals surface area contributed by atoms with Crippen molar-refractivity contribution in [2.45, 2.75) is 0 Å². The predicted octanol–water partition coefficient (Wildman–Crippen LogP) is 4.62. The van der Waals surface area contributed by atoms with Crippen LogP contribution in [0.25, 0.3) is 12.2 Å². The number of carbonyl (C=O) groups is 2. The SMILES string of the molecule is O=C(Cl)c1ccc(C(=O)Cl)c(/C=C/c2ccccc2)c1. The molecule has 4 heteroatoms. The lowest BCUT2D eigenvalue weighted by Gasteiger charge is -2.03. The maximum atomic E-state index is 11.4. The van der Waals surface area contributed by atoms with Gasteiger partial charge in [-0.2, -0.15) is 0 Å². The Morgan fingerprint density at radius 1 is 0.850 bits per heavy atom. The highest BCUT2D eigenvalue weighted by Gasteiger charge is 2.10. The Balaban J connectivity index is 2.43. The minimum Gasteiger partial charge on any atom is -0.276 e. The molecule has 0 unspecified atom stereocenters. The summed E-state index contributed by atoms with van der Waals surface area (Å²) in [6, 6.07) is 14.1. The lowest BCUT2D eigenvalue weighted by Crippen LogP contribution is -1.97. The van der Waals surface area contributed by atoms with Gasteiger partial charge in [0.2, 0.25) is 0 Å². The van der Waals surface area contributed by atoms with E-state index in [-0.39, 0.29) is 0 Å². The molecule has 0 bridgehead atoms. The highest BCUT2D eigenvalue weighted by Crippen LogP contribution is 2.19. The second-order valence-corrected chi connectivity index (χ2v) is 4.78. The van der Waals surface area contributed by atoms with Gasteiger partial charge < -0.3 is 0 Å². The average molecular weight is 305 g/mol. The maximum Gasteiger partial charge on any atom is 0.252 e. The molecule has 100 valence electrons. The quantitative estimate of drug-likeness (QED) is 0.610. The number of hydrogen-bond acceptors (Lipinski definition) is 2. The molecular formula is C16H10Cl2O2. The molecule has 2 rings (SSSR count). The van der Waals surface area contributed by atoms with Crippen molar-refractivity contribution < 1.29 is 9.59 Å². The molecule has 0 atom stereocenters. The maximum absolute atomic E-state index is 11.4. The highest BCUT2D eigenvalue weighted by atomic mass is 35.5. The first-order chi connectivity index (χ1) is 9.58. The van der Waals surface area contributed by atoms with Crippen LogP contribution in [0.4, 0.5) is 0 Å². The molecule has 2 aromatic rings. The van der Waals surface area contributed by atoms with Crippen molar-refractivity contribution in [2.75, 3.05) is 0 Å². The molecule has 0 fully saturated rings. The number of halogens is 2. The monoisotopic (exact) mass is 304 g/mol. The zero-order valence-corrected chi connectivity index (χ0v) is 11.9. The lowest BCUT2D eigenvalue weighted by molar-refractivity contribution is 0.107. The zero-order valence-electron chi connectivity index (χ0n) is 10.3. The van der Waals surface area contributed by atoms with Crippen molar-refractivity contribution in [1.29, 1.82) is 0 Å². The van der Waals surface area contributed by atoms with E-state index < -0.39 is 10.5 Å². The van der Waals surface area contributed by atoms with Crippen molar-refractivity contribution in [3.63, 3.8) is 0 Å². The Kier molecular flexibility index (Phi) is 4.72. The number of rotatable bonds is 4. The van der Waals surface area contributed by atoms with E-state index in [2.05, 4.69) is 0 Å². The fourth-order valence-electron chi connectivity index (χ4n) is 1.75. The second-order valence-electron chi connectivity index (χ2n) is 4.09. The molecule has 2 nitrogen and oxygen atoms in total. The highest BCUT2D eigenvalue weighted by molar-refractivity contribution is 6.68. The minimum absolute atomic E-state index is 0.320. The normalized spacial score (nSPS) is 10.7. The van der Waals surface area contributed by atoms with Crippen molar-refractivity contribution in [2.24, 2.45) is 0 Å². The van der Waals surface area contributed by atoms with Crippen LogP contribution in [0.5, 0.6) is 0 Å². The summed E-state index contributed by atoms with van der Waals surface area (Å²) >= 11 is 11.0. The Morgan fingerprint density at radius 2 is 1.55 bits per heavy atom. The molecule has 0 amide bonds. The molecule has 0 saturated heterocycles. The third-order valence-corrected chi connectivity index (χ3v) is 3.17. The standard InChI is InChI=1S/C16H10Cl2O2/c17-15(19)13-8-9-14(16(18)20)12(10-13)7-6-11-4-2-1-3-5-11/h1-10H/b7-6+. The van der Waals surface area contributed by atoms with Crippen molar-refractivity contribution in [3.8, 4) is 0 Å². The van der Waals surface area contributed by atoms with E-state index in [1.807, 2.05) is 36.4 Å². The molecule has 2 aromatic carbocycles. The molecule has 0 spiro atoms. The summed E-state index contributed by atoms with van der Waals surface area (Å²) in [6.45, 7) is 0. The summed E-state index contributed by atoms with van der Waals surface area (Å²) < 4.78 is 0. The van der Waals surface area contributed by atoms with E-state index in [0.29, 0.717) is 16.7 Å². The summed E-state index contributed by atoms with van der Waals surface area (Å²) in [7, 11) is 0. The van der Waals surface area contributed by atoms with E-state index in [1.165, 1.54) is 12.1 Å². The van der Waals surface area contributed by atoms with Gasteiger partial charge in [0, 0.05) is 11.1 Å². The van der Waals surface area contributed by atoms with Gasteiger partial charge in [0.15, 0.2) is 0 Å². The zero-order chi connectivity index (χ0) is 14.5. The van der Waals surface area contributed by atoms with Crippen LogP contribution < -0.4 is 0 Å². The molecule has 0 heterocycles. The lowest BCUT2D eigenvalue weighted by atomic mass is 10.0. The Labute approximate surface area is 126 Å². The van der Waals surface area contributed by atoms with E-state index in [0.717, 1.165) is 5.56 Å². The Bertz CT molecular complexity index is 676. The van der Waals surface area contributed by atoms with Crippen molar-refractivity contribution >= 4 is 45.8 Å². The van der Waals surface area contributed by atoms with E-state index in [1.54, 1.807) is 12.1 Å². The molecule has 0 aliphatic rings. The van der Waals surface area contributed by atoms with Crippen LogP contribution in [0.1, 0.15) is 31.8 Å². The van der Waals surface area contributed by atoms with E-state index in [4.69, 9.17) is 23.2 Å². The third kappa shape index (κ3) is 3.56. The summed E-state index contributed by atoms with van der Waals surface area (Å²) in [6.07, 6.45) is 3.56. The fourth-order valence-corrected chi connectivity index (χ4v) is 2.04. The first kappa shape index (κ1) is 14.5.